The van der Waals surface area contributed by atoms with Crippen LogP contribution in [-0.4, -0.2) is 21.2 Å². The van der Waals surface area contributed by atoms with E-state index in [9.17, 15) is 9.59 Å². The van der Waals surface area contributed by atoms with Gasteiger partial charge in [0, 0.05) is 24.2 Å². The Bertz CT molecular complexity index is 890. The van der Waals surface area contributed by atoms with Crippen LogP contribution in [0.3, 0.4) is 0 Å². The maximum Gasteiger partial charge on any atom is 0.271 e. The molecule has 1 aliphatic heterocycles. The first-order valence-corrected chi connectivity index (χ1v) is 8.61. The summed E-state index contributed by atoms with van der Waals surface area (Å²) in [6.45, 7) is 0.733. The summed E-state index contributed by atoms with van der Waals surface area (Å²) < 4.78 is 1.73. The molecule has 1 aromatic carbocycles. The van der Waals surface area contributed by atoms with Gasteiger partial charge >= 0.3 is 0 Å². The van der Waals surface area contributed by atoms with Crippen LogP contribution in [0, 0.1) is 0 Å². The van der Waals surface area contributed by atoms with Gasteiger partial charge in [-0.15, -0.1) is 0 Å². The van der Waals surface area contributed by atoms with Gasteiger partial charge in [-0.2, -0.15) is 5.10 Å². The molecule has 1 aliphatic carbocycles. The topological polar surface area (TPSA) is 76.3 Å². The van der Waals surface area contributed by atoms with Crippen molar-refractivity contribution in [3.63, 3.8) is 0 Å². The van der Waals surface area contributed by atoms with Crippen LogP contribution in [0.2, 0.25) is 0 Å². The highest BCUT2D eigenvalue weighted by atomic mass is 16.2. The van der Waals surface area contributed by atoms with Crippen LogP contribution in [0.25, 0.3) is 10.9 Å². The number of hydrogen-bond donors (Lipinski definition) is 1. The van der Waals surface area contributed by atoms with Crippen molar-refractivity contribution >= 4 is 22.5 Å². The summed E-state index contributed by atoms with van der Waals surface area (Å²) in [7, 11) is 0. The summed E-state index contributed by atoms with van der Waals surface area (Å²) in [5.41, 5.74) is 4.76. The second-order valence-electron chi connectivity index (χ2n) is 6.50. The van der Waals surface area contributed by atoms with Gasteiger partial charge in [0.05, 0.1) is 10.9 Å². The molecule has 0 saturated heterocycles. The molecule has 0 radical (unpaired) electrons. The van der Waals surface area contributed by atoms with Crippen LogP contribution in [0.1, 0.15) is 54.7 Å². The van der Waals surface area contributed by atoms with Crippen molar-refractivity contribution in [1.82, 2.24) is 15.0 Å². The number of fused-ring (bicyclic) bond motifs is 2. The van der Waals surface area contributed by atoms with E-state index < -0.39 is 0 Å². The molecular weight excluding hydrogens is 304 g/mol. The number of carbonyl (C=O) groups is 1. The van der Waals surface area contributed by atoms with Gasteiger partial charge in [-0.3, -0.25) is 14.2 Å². The molecule has 1 saturated carbocycles. The van der Waals surface area contributed by atoms with Crippen LogP contribution < -0.4 is 11.0 Å². The number of amides is 1. The number of hydrogen-bond acceptors (Lipinski definition) is 4. The van der Waals surface area contributed by atoms with Gasteiger partial charge in [-0.25, -0.2) is 10.4 Å². The van der Waals surface area contributed by atoms with Crippen LogP contribution >= 0.6 is 0 Å². The Balaban J connectivity index is 1.61. The lowest BCUT2D eigenvalue weighted by molar-refractivity contribution is 0.0954. The van der Waals surface area contributed by atoms with E-state index >= 15 is 0 Å². The van der Waals surface area contributed by atoms with Crippen molar-refractivity contribution in [2.75, 3.05) is 0 Å². The maximum atomic E-state index is 12.4. The predicted octanol–water partition coefficient (Wildman–Crippen LogP) is 2.39. The average Bonchev–Trinajstić information content (AvgIpc) is 3.09. The van der Waals surface area contributed by atoms with Crippen LogP contribution in [0.4, 0.5) is 0 Å². The fourth-order valence-electron chi connectivity index (χ4n) is 3.49. The average molecular weight is 324 g/mol. The first-order chi connectivity index (χ1) is 11.7. The highest BCUT2D eigenvalue weighted by Crippen LogP contribution is 2.17. The summed E-state index contributed by atoms with van der Waals surface area (Å²) in [6, 6.07) is 5.05. The number of hydrazone groups is 1. The van der Waals surface area contributed by atoms with E-state index in [4.69, 9.17) is 0 Å². The summed E-state index contributed by atoms with van der Waals surface area (Å²) in [5.74, 6) is 0.560. The number of nitrogens with zero attached hydrogens (tertiary/aromatic N) is 3. The van der Waals surface area contributed by atoms with Gasteiger partial charge in [0.2, 0.25) is 0 Å². The summed E-state index contributed by atoms with van der Waals surface area (Å²) in [4.78, 5) is 29.3. The van der Waals surface area contributed by atoms with E-state index in [1.165, 1.54) is 6.42 Å². The summed E-state index contributed by atoms with van der Waals surface area (Å²) >= 11 is 0. The van der Waals surface area contributed by atoms with Gasteiger partial charge < -0.3 is 0 Å². The molecule has 1 aromatic heterocycles. The SMILES string of the molecule is O=C(NN=C1CCCCC1)c1ccc2c(=O)n3c(nc2c1)CCC3. The van der Waals surface area contributed by atoms with Crippen LogP contribution in [-0.2, 0) is 13.0 Å². The fraction of sp³-hybridized carbons (Fsp3) is 0.444. The quantitative estimate of drug-likeness (QED) is 0.862. The van der Waals surface area contributed by atoms with Crippen molar-refractivity contribution in [2.45, 2.75) is 51.5 Å². The zero-order chi connectivity index (χ0) is 16.5. The van der Waals surface area contributed by atoms with Crippen LogP contribution in [0.5, 0.6) is 0 Å². The lowest BCUT2D eigenvalue weighted by Crippen LogP contribution is -2.22. The number of benzene rings is 1. The minimum Gasteiger partial charge on any atom is -0.296 e. The smallest absolute Gasteiger partial charge is 0.271 e. The third kappa shape index (κ3) is 2.72. The lowest BCUT2D eigenvalue weighted by atomic mass is 9.99. The monoisotopic (exact) mass is 324 g/mol. The number of aryl methyl sites for hydroxylation is 1. The summed E-state index contributed by atoms with van der Waals surface area (Å²) in [6.07, 6.45) is 7.21. The van der Waals surface area contributed by atoms with Crippen molar-refractivity contribution in [2.24, 2.45) is 5.10 Å². The molecule has 1 fully saturated rings. The Labute approximate surface area is 139 Å². The molecule has 0 bridgehead atoms. The minimum absolute atomic E-state index is 0.0121. The van der Waals surface area contributed by atoms with Crippen molar-refractivity contribution in [3.05, 3.63) is 39.9 Å². The second kappa shape index (κ2) is 6.19. The zero-order valence-electron chi connectivity index (χ0n) is 13.5. The van der Waals surface area contributed by atoms with E-state index in [1.807, 2.05) is 0 Å². The molecule has 1 amide bonds. The Morgan fingerprint density at radius 3 is 2.79 bits per heavy atom. The van der Waals surface area contributed by atoms with E-state index in [0.29, 0.717) is 16.5 Å². The van der Waals surface area contributed by atoms with E-state index in [1.54, 1.807) is 22.8 Å². The van der Waals surface area contributed by atoms with Crippen molar-refractivity contribution < 1.29 is 4.79 Å². The van der Waals surface area contributed by atoms with Gasteiger partial charge in [0.1, 0.15) is 5.82 Å². The van der Waals surface area contributed by atoms with Crippen LogP contribution in [0.15, 0.2) is 28.1 Å². The standard InChI is InChI=1S/C18H20N4O2/c23-17(21-20-13-5-2-1-3-6-13)12-8-9-14-15(11-12)19-16-7-4-10-22(16)18(14)24/h8-9,11H,1-7,10H2,(H,21,23). The first-order valence-electron chi connectivity index (χ1n) is 8.61. The molecule has 2 heterocycles. The molecule has 0 spiro atoms. The lowest BCUT2D eigenvalue weighted by Gasteiger charge is -2.12. The molecule has 6 heteroatoms. The van der Waals surface area contributed by atoms with Gasteiger partial charge in [0.15, 0.2) is 0 Å². The van der Waals surface area contributed by atoms with E-state index in [2.05, 4.69) is 15.5 Å². The normalized spacial score (nSPS) is 16.9. The largest absolute Gasteiger partial charge is 0.296 e. The van der Waals surface area contributed by atoms with Crippen molar-refractivity contribution in [1.29, 1.82) is 0 Å². The molecule has 0 atom stereocenters. The number of aromatic nitrogens is 2. The fourth-order valence-corrected chi connectivity index (χ4v) is 3.49. The maximum absolute atomic E-state index is 12.4. The number of nitrogens with one attached hydrogen (secondary N) is 1. The highest BCUT2D eigenvalue weighted by molar-refractivity contribution is 5.98. The molecule has 6 nitrogen and oxygen atoms in total. The van der Waals surface area contributed by atoms with Gasteiger partial charge in [-0.05, 0) is 50.3 Å². The van der Waals surface area contributed by atoms with E-state index in [-0.39, 0.29) is 11.5 Å². The minimum atomic E-state index is -0.252. The Kier molecular flexibility index (Phi) is 3.88. The zero-order valence-corrected chi connectivity index (χ0v) is 13.5. The molecule has 24 heavy (non-hydrogen) atoms. The molecule has 0 unspecified atom stereocenters. The van der Waals surface area contributed by atoms with Gasteiger partial charge in [-0.1, -0.05) is 6.42 Å². The molecule has 124 valence electrons. The third-order valence-electron chi connectivity index (χ3n) is 4.82. The summed E-state index contributed by atoms with van der Waals surface area (Å²) in [5, 5.41) is 4.81. The Morgan fingerprint density at radius 1 is 1.12 bits per heavy atom. The molecule has 1 N–H and O–H groups in total. The third-order valence-corrected chi connectivity index (χ3v) is 4.82. The first kappa shape index (κ1) is 15.1. The van der Waals surface area contributed by atoms with Crippen molar-refractivity contribution in [3.8, 4) is 0 Å². The molecule has 2 aliphatic rings. The Hall–Kier alpha value is -2.50. The molecular formula is C18H20N4O2. The Morgan fingerprint density at radius 2 is 1.96 bits per heavy atom. The number of carbonyl (C=O) groups excluding carboxylic acids is 1. The predicted molar refractivity (Wildman–Crippen MR) is 92.3 cm³/mol. The number of rotatable bonds is 2. The van der Waals surface area contributed by atoms with E-state index in [0.717, 1.165) is 56.6 Å². The highest BCUT2D eigenvalue weighted by Gasteiger charge is 2.17. The molecule has 2 aromatic rings. The molecule has 4 rings (SSSR count). The second-order valence-corrected chi connectivity index (χ2v) is 6.50. The van der Waals surface area contributed by atoms with Gasteiger partial charge in [0.25, 0.3) is 11.5 Å².